The van der Waals surface area contributed by atoms with Crippen molar-refractivity contribution in [2.45, 2.75) is 65.8 Å². The van der Waals surface area contributed by atoms with E-state index in [1.165, 1.54) is 14.2 Å². The largest absolute Gasteiger partial charge is 0.488 e. The lowest BCUT2D eigenvalue weighted by atomic mass is 9.92. The van der Waals surface area contributed by atoms with Gasteiger partial charge in [0.1, 0.15) is 36.6 Å². The lowest BCUT2D eigenvalue weighted by molar-refractivity contribution is -0.134. The molecule has 2 aromatic heterocycles. The molecule has 1 unspecified atom stereocenters. The summed E-state index contributed by atoms with van der Waals surface area (Å²) in [5, 5.41) is 7.08. The molecule has 294 valence electrons. The highest BCUT2D eigenvalue weighted by Gasteiger charge is 2.26. The number of nitrogens with one attached hydrogen (secondary N) is 4. The van der Waals surface area contributed by atoms with Crippen molar-refractivity contribution in [3.8, 4) is 39.4 Å². The van der Waals surface area contributed by atoms with Crippen LogP contribution in [0.3, 0.4) is 0 Å². The van der Waals surface area contributed by atoms with Crippen LogP contribution in [0.2, 0.25) is 0 Å². The summed E-state index contributed by atoms with van der Waals surface area (Å²) in [6, 6.07) is 15.9. The predicted molar refractivity (Wildman–Crippen MR) is 210 cm³/mol. The van der Waals surface area contributed by atoms with Crippen LogP contribution >= 0.6 is 0 Å². The molecule has 56 heavy (non-hydrogen) atoms. The second-order valence-electron chi connectivity index (χ2n) is 13.5. The average molecular weight is 765 g/mol. The smallest absolute Gasteiger partial charge is 0.407 e. The first-order chi connectivity index (χ1) is 27.2. The van der Waals surface area contributed by atoms with E-state index in [-0.39, 0.29) is 31.4 Å². The Morgan fingerprint density at radius 3 is 2.09 bits per heavy atom. The number of nitrogens with zero attached hydrogens (tertiary/aromatic N) is 4. The minimum atomic E-state index is -0.687. The molecule has 0 fully saturated rings. The van der Waals surface area contributed by atoms with Crippen molar-refractivity contribution in [1.29, 1.82) is 0 Å². The molecule has 0 saturated heterocycles. The quantitative estimate of drug-likeness (QED) is 0.0972. The van der Waals surface area contributed by atoms with E-state index < -0.39 is 18.2 Å². The number of aromatic nitrogens is 4. The topological polar surface area (TPSA) is 184 Å². The molecule has 1 aliphatic rings. The summed E-state index contributed by atoms with van der Waals surface area (Å²) in [4.78, 5) is 68.5. The first-order valence-corrected chi connectivity index (χ1v) is 18.8. The number of aromatic amines is 2. The first-order valence-electron chi connectivity index (χ1n) is 18.8. The molecule has 4 amide bonds. The van der Waals surface area contributed by atoms with E-state index in [1.807, 2.05) is 26.8 Å². The molecule has 0 spiro atoms. The number of imidazole rings is 2. The van der Waals surface area contributed by atoms with E-state index in [9.17, 15) is 19.2 Å². The third-order valence-electron chi connectivity index (χ3n) is 9.70. The molecule has 0 bridgehead atoms. The highest BCUT2D eigenvalue weighted by molar-refractivity contribution is 5.98. The van der Waals surface area contributed by atoms with Gasteiger partial charge in [-0.25, -0.2) is 19.6 Å². The maximum absolute atomic E-state index is 13.3. The van der Waals surface area contributed by atoms with Crippen LogP contribution < -0.4 is 15.4 Å². The summed E-state index contributed by atoms with van der Waals surface area (Å²) in [6.45, 7) is 7.67. The number of methoxy groups -OCH3 is 2. The molecular formula is C41H48N8O7. The Bertz CT molecular complexity index is 2210. The van der Waals surface area contributed by atoms with Gasteiger partial charge in [0, 0.05) is 29.6 Å². The van der Waals surface area contributed by atoms with Gasteiger partial charge in [-0.15, -0.1) is 0 Å². The minimum Gasteiger partial charge on any atom is -0.488 e. The van der Waals surface area contributed by atoms with Crippen LogP contribution in [-0.2, 0) is 38.8 Å². The zero-order valence-electron chi connectivity index (χ0n) is 32.4. The maximum atomic E-state index is 13.3. The van der Waals surface area contributed by atoms with Gasteiger partial charge in [-0.1, -0.05) is 51.1 Å². The van der Waals surface area contributed by atoms with E-state index in [0.29, 0.717) is 37.8 Å². The number of benzene rings is 3. The van der Waals surface area contributed by atoms with Crippen molar-refractivity contribution in [2.75, 3.05) is 33.9 Å². The Kier molecular flexibility index (Phi) is 12.5. The van der Waals surface area contributed by atoms with Crippen molar-refractivity contribution in [1.82, 2.24) is 40.4 Å². The van der Waals surface area contributed by atoms with Gasteiger partial charge >= 0.3 is 12.2 Å². The summed E-state index contributed by atoms with van der Waals surface area (Å²) in [5.74, 6) is 1.70. The van der Waals surface area contributed by atoms with E-state index >= 15 is 0 Å². The molecule has 6 rings (SSSR count). The second kappa shape index (κ2) is 17.8. The molecule has 4 N–H and O–H groups in total. The van der Waals surface area contributed by atoms with Gasteiger partial charge in [0.25, 0.3) is 0 Å². The van der Waals surface area contributed by atoms with Crippen molar-refractivity contribution >= 4 is 34.8 Å². The van der Waals surface area contributed by atoms with Crippen molar-refractivity contribution < 1.29 is 33.4 Å². The molecule has 3 heterocycles. The number of hydrogen-bond donors (Lipinski definition) is 4. The Morgan fingerprint density at radius 1 is 0.804 bits per heavy atom. The lowest BCUT2D eigenvalue weighted by Gasteiger charge is -2.26. The van der Waals surface area contributed by atoms with Gasteiger partial charge in [0.2, 0.25) is 11.8 Å². The lowest BCUT2D eigenvalue weighted by Crippen LogP contribution is -2.48. The summed E-state index contributed by atoms with van der Waals surface area (Å²) < 4.78 is 15.7. The summed E-state index contributed by atoms with van der Waals surface area (Å²) in [7, 11) is 2.53. The maximum Gasteiger partial charge on any atom is 0.407 e. The van der Waals surface area contributed by atoms with Gasteiger partial charge in [-0.05, 0) is 59.5 Å². The number of alkyl carbamates (subject to hydrolysis) is 2. The van der Waals surface area contributed by atoms with Gasteiger partial charge in [-0.3, -0.25) is 9.59 Å². The van der Waals surface area contributed by atoms with Crippen LogP contribution in [0.15, 0.2) is 60.9 Å². The van der Waals surface area contributed by atoms with Gasteiger partial charge < -0.3 is 44.6 Å². The predicted octanol–water partition coefficient (Wildman–Crippen LogP) is 6.15. The van der Waals surface area contributed by atoms with Crippen LogP contribution in [-0.4, -0.2) is 93.6 Å². The van der Waals surface area contributed by atoms with Crippen molar-refractivity contribution in [2.24, 2.45) is 0 Å². The highest BCUT2D eigenvalue weighted by atomic mass is 16.5. The standard InChI is InChI=1S/C41H48N8O7/c1-6-15-48(37(50)21-44-40(52)54-4)22-35-42-20-34(45-35)27-10-12-29-28(18-27)24-56-38-30-13-11-26(17-25(30)9-14-31(29)38)33-19-43-36(46-33)23-49(16-7-2)39(51)32(8-3)47-41(53)55-5/h9-14,17-20,32H,6-8,15-16,21-24H2,1-5H3,(H,42,45)(H,43,46)(H,44,52)(H,47,53). The van der Waals surface area contributed by atoms with Crippen LogP contribution in [0.5, 0.6) is 5.75 Å². The molecule has 15 heteroatoms. The molecule has 0 aliphatic carbocycles. The molecule has 1 atom stereocenters. The van der Waals surface area contributed by atoms with Gasteiger partial charge in [-0.2, -0.15) is 0 Å². The van der Waals surface area contributed by atoms with Crippen molar-refractivity contribution in [3.63, 3.8) is 0 Å². The second-order valence-corrected chi connectivity index (χ2v) is 13.5. The molecule has 0 saturated carbocycles. The van der Waals surface area contributed by atoms with Crippen LogP contribution in [0, 0.1) is 0 Å². The SMILES string of the molecule is CCCN(Cc1ncc(-c2ccc3c(c2)COc2c-3ccc3cc(-c4cnc(CN(CCC)C(=O)C(CC)NC(=O)OC)[nH]4)ccc23)[nH]1)C(=O)CNC(=O)OC. The van der Waals surface area contributed by atoms with Crippen LogP contribution in [0.4, 0.5) is 9.59 Å². The van der Waals surface area contributed by atoms with E-state index in [4.69, 9.17) is 9.47 Å². The Labute approximate surface area is 325 Å². The summed E-state index contributed by atoms with van der Waals surface area (Å²) in [6.07, 6.45) is 4.19. The van der Waals surface area contributed by atoms with Crippen molar-refractivity contribution in [3.05, 3.63) is 78.1 Å². The molecule has 1 aliphatic heterocycles. The summed E-state index contributed by atoms with van der Waals surface area (Å²) in [5.41, 5.74) is 6.69. The number of rotatable bonds is 15. The molecule has 3 aromatic carbocycles. The highest BCUT2D eigenvalue weighted by Crippen LogP contribution is 2.43. The number of H-pyrrole nitrogens is 2. The van der Waals surface area contributed by atoms with Gasteiger partial charge in [0.15, 0.2) is 0 Å². The van der Waals surface area contributed by atoms with Gasteiger partial charge in [0.05, 0.1) is 51.1 Å². The Balaban J connectivity index is 1.16. The molecule has 15 nitrogen and oxygen atoms in total. The fourth-order valence-corrected chi connectivity index (χ4v) is 6.86. The fraction of sp³-hybridized carbons (Fsp3) is 0.366. The Morgan fingerprint density at radius 2 is 1.43 bits per heavy atom. The number of fused-ring (bicyclic) bond motifs is 5. The van der Waals surface area contributed by atoms with E-state index in [2.05, 4.69) is 77.8 Å². The average Bonchev–Trinajstić information content (AvgIpc) is 3.90. The molecule has 5 aromatic rings. The normalized spacial score (nSPS) is 12.2. The number of carbonyl (C=O) groups excluding carboxylic acids is 4. The third-order valence-corrected chi connectivity index (χ3v) is 9.70. The number of ether oxygens (including phenoxy) is 3. The number of hydrogen-bond acceptors (Lipinski definition) is 9. The summed E-state index contributed by atoms with van der Waals surface area (Å²) >= 11 is 0. The number of carbonyl (C=O) groups is 4. The third kappa shape index (κ3) is 8.77. The van der Waals surface area contributed by atoms with Crippen LogP contribution in [0.1, 0.15) is 57.2 Å². The molecular weight excluding hydrogens is 716 g/mol. The fourth-order valence-electron chi connectivity index (χ4n) is 6.86. The number of amides is 4. The zero-order valence-corrected chi connectivity index (χ0v) is 32.4. The first kappa shape index (κ1) is 39.3. The monoisotopic (exact) mass is 764 g/mol. The van der Waals surface area contributed by atoms with E-state index in [1.54, 1.807) is 22.2 Å². The van der Waals surface area contributed by atoms with Crippen LogP contribution in [0.25, 0.3) is 44.4 Å². The minimum absolute atomic E-state index is 0.156. The molecule has 0 radical (unpaired) electrons. The Hall–Kier alpha value is -6.38. The van der Waals surface area contributed by atoms with E-state index in [0.717, 1.165) is 68.6 Å². The zero-order chi connectivity index (χ0) is 39.8.